The Kier molecular flexibility index (Phi) is 3.87. The summed E-state index contributed by atoms with van der Waals surface area (Å²) < 4.78 is 0. The van der Waals surface area contributed by atoms with Crippen molar-refractivity contribution >= 4 is 11.5 Å². The van der Waals surface area contributed by atoms with Crippen LogP contribution in [-0.4, -0.2) is 11.0 Å². The van der Waals surface area contributed by atoms with Crippen molar-refractivity contribution in [2.45, 2.75) is 45.6 Å². The fraction of sp³-hybridized carbons (Fsp3) is 0.643. The van der Waals surface area contributed by atoms with Crippen LogP contribution in [0.5, 0.6) is 0 Å². The largest absolute Gasteiger partial charge is 0.384 e. The zero-order valence-electron chi connectivity index (χ0n) is 10.8. The second-order valence-corrected chi connectivity index (χ2v) is 5.41. The summed E-state index contributed by atoms with van der Waals surface area (Å²) in [6.07, 6.45) is 7.16. The van der Waals surface area contributed by atoms with E-state index >= 15 is 0 Å². The molecule has 0 bridgehead atoms. The van der Waals surface area contributed by atoms with E-state index in [1.54, 1.807) is 0 Å². The van der Waals surface area contributed by atoms with Crippen LogP contribution in [0, 0.1) is 11.8 Å². The standard InChI is InChI=1S/C14H23N3/c1-10(2)12-5-3-4-6-13(12)17-11-7-8-14(15)16-9-11/h7-10,12-13,17H,3-6H2,1-2H3,(H2,15,16). The molecule has 1 aromatic heterocycles. The average molecular weight is 233 g/mol. The third-order valence-electron chi connectivity index (χ3n) is 3.81. The number of nitrogens with one attached hydrogen (secondary N) is 1. The van der Waals surface area contributed by atoms with Gasteiger partial charge in [0.25, 0.3) is 0 Å². The van der Waals surface area contributed by atoms with Gasteiger partial charge in [-0.25, -0.2) is 4.98 Å². The number of nitrogens with zero attached hydrogens (tertiary/aromatic N) is 1. The molecule has 3 N–H and O–H groups in total. The number of aromatic nitrogens is 1. The first-order valence-electron chi connectivity index (χ1n) is 6.65. The van der Waals surface area contributed by atoms with E-state index < -0.39 is 0 Å². The van der Waals surface area contributed by atoms with Crippen LogP contribution in [0.25, 0.3) is 0 Å². The topological polar surface area (TPSA) is 50.9 Å². The van der Waals surface area contributed by atoms with Gasteiger partial charge in [-0.1, -0.05) is 26.7 Å². The molecular formula is C14H23N3. The van der Waals surface area contributed by atoms with Crippen LogP contribution >= 0.6 is 0 Å². The smallest absolute Gasteiger partial charge is 0.123 e. The molecule has 1 aliphatic rings. The highest BCUT2D eigenvalue weighted by atomic mass is 15.0. The second-order valence-electron chi connectivity index (χ2n) is 5.41. The van der Waals surface area contributed by atoms with Crippen LogP contribution in [0.15, 0.2) is 18.3 Å². The molecule has 1 saturated carbocycles. The summed E-state index contributed by atoms with van der Waals surface area (Å²) in [5.74, 6) is 2.11. The molecule has 1 fully saturated rings. The Morgan fingerprint density at radius 1 is 1.29 bits per heavy atom. The predicted octanol–water partition coefficient (Wildman–Crippen LogP) is 3.29. The van der Waals surface area contributed by atoms with Gasteiger partial charge in [-0.3, -0.25) is 0 Å². The van der Waals surface area contributed by atoms with Gasteiger partial charge in [-0.15, -0.1) is 0 Å². The monoisotopic (exact) mass is 233 g/mol. The van der Waals surface area contributed by atoms with E-state index in [2.05, 4.69) is 24.1 Å². The van der Waals surface area contributed by atoms with E-state index in [0.717, 1.165) is 17.5 Å². The van der Waals surface area contributed by atoms with E-state index in [1.165, 1.54) is 25.7 Å². The van der Waals surface area contributed by atoms with E-state index in [0.29, 0.717) is 11.9 Å². The van der Waals surface area contributed by atoms with E-state index in [9.17, 15) is 0 Å². The lowest BCUT2D eigenvalue weighted by atomic mass is 9.78. The van der Waals surface area contributed by atoms with Crippen molar-refractivity contribution in [3.05, 3.63) is 18.3 Å². The fourth-order valence-corrected chi connectivity index (χ4v) is 2.84. The third kappa shape index (κ3) is 3.11. The molecule has 1 aliphatic carbocycles. The summed E-state index contributed by atoms with van der Waals surface area (Å²) in [4.78, 5) is 4.13. The van der Waals surface area contributed by atoms with Gasteiger partial charge < -0.3 is 11.1 Å². The molecule has 17 heavy (non-hydrogen) atoms. The Bertz CT molecular complexity index is 345. The highest BCUT2D eigenvalue weighted by Crippen LogP contribution is 2.32. The van der Waals surface area contributed by atoms with Crippen LogP contribution in [0.1, 0.15) is 39.5 Å². The number of hydrogen-bond acceptors (Lipinski definition) is 3. The molecule has 94 valence electrons. The SMILES string of the molecule is CC(C)C1CCCCC1Nc1ccc(N)nc1. The van der Waals surface area contributed by atoms with E-state index in [-0.39, 0.29) is 0 Å². The average Bonchev–Trinajstić information content (AvgIpc) is 2.32. The molecule has 0 saturated heterocycles. The van der Waals surface area contributed by atoms with Crippen molar-refractivity contribution in [2.75, 3.05) is 11.1 Å². The molecule has 1 aromatic rings. The third-order valence-corrected chi connectivity index (χ3v) is 3.81. The van der Waals surface area contributed by atoms with Crippen molar-refractivity contribution in [3.8, 4) is 0 Å². The normalized spacial score (nSPS) is 24.9. The van der Waals surface area contributed by atoms with Gasteiger partial charge in [0, 0.05) is 6.04 Å². The number of rotatable bonds is 3. The summed E-state index contributed by atoms with van der Waals surface area (Å²) in [6, 6.07) is 4.47. The molecule has 2 rings (SSSR count). The lowest BCUT2D eigenvalue weighted by molar-refractivity contribution is 0.254. The Balaban J connectivity index is 2.02. The lowest BCUT2D eigenvalue weighted by Crippen LogP contribution is -2.35. The van der Waals surface area contributed by atoms with Gasteiger partial charge in [-0.2, -0.15) is 0 Å². The van der Waals surface area contributed by atoms with Crippen LogP contribution < -0.4 is 11.1 Å². The fourth-order valence-electron chi connectivity index (χ4n) is 2.84. The minimum atomic E-state index is 0.583. The van der Waals surface area contributed by atoms with Gasteiger partial charge >= 0.3 is 0 Å². The molecule has 0 aliphatic heterocycles. The summed E-state index contributed by atoms with van der Waals surface area (Å²) in [5.41, 5.74) is 6.69. The summed E-state index contributed by atoms with van der Waals surface area (Å²) in [6.45, 7) is 4.65. The van der Waals surface area contributed by atoms with Crippen molar-refractivity contribution < 1.29 is 0 Å². The van der Waals surface area contributed by atoms with Gasteiger partial charge in [0.05, 0.1) is 11.9 Å². The molecule has 3 nitrogen and oxygen atoms in total. The van der Waals surface area contributed by atoms with Crippen LogP contribution in [-0.2, 0) is 0 Å². The molecule has 2 unspecified atom stereocenters. The Hall–Kier alpha value is -1.25. The van der Waals surface area contributed by atoms with Crippen LogP contribution in [0.4, 0.5) is 11.5 Å². The summed E-state index contributed by atoms with van der Waals surface area (Å²) in [7, 11) is 0. The van der Waals surface area contributed by atoms with Crippen LogP contribution in [0.3, 0.4) is 0 Å². The van der Waals surface area contributed by atoms with Gasteiger partial charge in [0.1, 0.15) is 5.82 Å². The minimum absolute atomic E-state index is 0.583. The number of pyridine rings is 1. The minimum Gasteiger partial charge on any atom is -0.384 e. The van der Waals surface area contributed by atoms with Crippen molar-refractivity contribution in [1.29, 1.82) is 0 Å². The maximum absolute atomic E-state index is 5.60. The van der Waals surface area contributed by atoms with E-state index in [1.807, 2.05) is 18.3 Å². The van der Waals surface area contributed by atoms with Crippen molar-refractivity contribution in [3.63, 3.8) is 0 Å². The first-order chi connectivity index (χ1) is 8.16. The predicted molar refractivity (Wildman–Crippen MR) is 72.9 cm³/mol. The molecule has 3 heteroatoms. The maximum atomic E-state index is 5.60. The number of hydrogen-bond donors (Lipinski definition) is 2. The first-order valence-corrected chi connectivity index (χ1v) is 6.65. The lowest BCUT2D eigenvalue weighted by Gasteiger charge is -2.35. The zero-order valence-corrected chi connectivity index (χ0v) is 10.8. The number of nitrogens with two attached hydrogens (primary N) is 1. The Morgan fingerprint density at radius 3 is 2.71 bits per heavy atom. The van der Waals surface area contributed by atoms with Gasteiger partial charge in [0.2, 0.25) is 0 Å². The molecule has 0 spiro atoms. The molecule has 0 radical (unpaired) electrons. The molecular weight excluding hydrogens is 210 g/mol. The Labute approximate surface area is 104 Å². The number of anilines is 2. The highest BCUT2D eigenvalue weighted by Gasteiger charge is 2.27. The Morgan fingerprint density at radius 2 is 2.06 bits per heavy atom. The summed E-state index contributed by atoms with van der Waals surface area (Å²) in [5, 5.41) is 3.62. The molecule has 1 heterocycles. The number of nitrogen functional groups attached to an aromatic ring is 1. The van der Waals surface area contributed by atoms with Crippen molar-refractivity contribution in [2.24, 2.45) is 11.8 Å². The molecule has 0 aromatic carbocycles. The second kappa shape index (κ2) is 5.39. The van der Waals surface area contributed by atoms with Crippen LogP contribution in [0.2, 0.25) is 0 Å². The van der Waals surface area contributed by atoms with Gasteiger partial charge in [0.15, 0.2) is 0 Å². The highest BCUT2D eigenvalue weighted by molar-refractivity contribution is 5.46. The quantitative estimate of drug-likeness (QED) is 0.842. The maximum Gasteiger partial charge on any atom is 0.123 e. The van der Waals surface area contributed by atoms with Gasteiger partial charge in [-0.05, 0) is 36.8 Å². The van der Waals surface area contributed by atoms with E-state index in [4.69, 9.17) is 5.73 Å². The first kappa shape index (κ1) is 12.2. The molecule has 0 amide bonds. The zero-order chi connectivity index (χ0) is 12.3. The molecule has 2 atom stereocenters. The summed E-state index contributed by atoms with van der Waals surface area (Å²) >= 11 is 0. The van der Waals surface area contributed by atoms with Crippen molar-refractivity contribution in [1.82, 2.24) is 4.98 Å².